The lowest BCUT2D eigenvalue weighted by Gasteiger charge is -2.14. The van der Waals surface area contributed by atoms with Gasteiger partial charge in [0.05, 0.1) is 16.1 Å². The topological polar surface area (TPSA) is 83.5 Å². The number of carbonyl (C=O) groups is 1. The molecule has 2 rings (SSSR count). The lowest BCUT2D eigenvalue weighted by molar-refractivity contribution is 0.0696. The van der Waals surface area contributed by atoms with Crippen molar-refractivity contribution in [3.05, 3.63) is 59.2 Å². The number of aromatic carboxylic acids is 1. The summed E-state index contributed by atoms with van der Waals surface area (Å²) >= 11 is 0. The van der Waals surface area contributed by atoms with E-state index in [1.54, 1.807) is 0 Å². The Morgan fingerprint density at radius 3 is 2.32 bits per heavy atom. The number of sulfonamides is 1. The molecule has 0 unspecified atom stereocenters. The van der Waals surface area contributed by atoms with Gasteiger partial charge < -0.3 is 5.11 Å². The highest BCUT2D eigenvalue weighted by Crippen LogP contribution is 2.24. The zero-order chi connectivity index (χ0) is 16.3. The second-order valence-corrected chi connectivity index (χ2v) is 6.58. The average Bonchev–Trinajstić information content (AvgIpc) is 2.49. The lowest BCUT2D eigenvalue weighted by atomic mass is 10.1. The molecule has 0 fully saturated rings. The van der Waals surface area contributed by atoms with Gasteiger partial charge in [0, 0.05) is 0 Å². The highest BCUT2D eigenvalue weighted by Gasteiger charge is 2.17. The highest BCUT2D eigenvalue weighted by molar-refractivity contribution is 7.92. The molecular formula is C16H17NO4S. The van der Waals surface area contributed by atoms with E-state index in [-0.39, 0.29) is 10.5 Å². The van der Waals surface area contributed by atoms with Gasteiger partial charge in [-0.25, -0.2) is 13.2 Å². The fraction of sp³-hybridized carbons (Fsp3) is 0.188. The molecule has 2 aromatic rings. The van der Waals surface area contributed by atoms with Crippen molar-refractivity contribution in [3.8, 4) is 0 Å². The van der Waals surface area contributed by atoms with Gasteiger partial charge in [-0.2, -0.15) is 0 Å². The van der Waals surface area contributed by atoms with Gasteiger partial charge in [-0.1, -0.05) is 25.1 Å². The second-order valence-electron chi connectivity index (χ2n) is 4.90. The maximum atomic E-state index is 12.4. The predicted molar refractivity (Wildman–Crippen MR) is 84.8 cm³/mol. The molecule has 0 aliphatic heterocycles. The molecule has 0 aliphatic carbocycles. The van der Waals surface area contributed by atoms with Crippen molar-refractivity contribution in [1.82, 2.24) is 0 Å². The van der Waals surface area contributed by atoms with Crippen LogP contribution in [-0.4, -0.2) is 19.5 Å². The van der Waals surface area contributed by atoms with Crippen molar-refractivity contribution in [2.75, 3.05) is 4.72 Å². The number of anilines is 1. The van der Waals surface area contributed by atoms with Crippen LogP contribution in [0.1, 0.15) is 28.4 Å². The summed E-state index contributed by atoms with van der Waals surface area (Å²) in [6.07, 6.45) is 0.706. The van der Waals surface area contributed by atoms with Crippen molar-refractivity contribution < 1.29 is 18.3 Å². The van der Waals surface area contributed by atoms with E-state index in [4.69, 9.17) is 5.11 Å². The van der Waals surface area contributed by atoms with Gasteiger partial charge >= 0.3 is 5.97 Å². The zero-order valence-electron chi connectivity index (χ0n) is 12.3. The molecule has 0 spiro atoms. The number of para-hydroxylation sites is 1. The molecule has 5 nitrogen and oxygen atoms in total. The van der Waals surface area contributed by atoms with E-state index in [9.17, 15) is 13.2 Å². The molecule has 22 heavy (non-hydrogen) atoms. The smallest absolute Gasteiger partial charge is 0.335 e. The molecule has 0 bridgehead atoms. The number of rotatable bonds is 5. The van der Waals surface area contributed by atoms with Crippen molar-refractivity contribution in [3.63, 3.8) is 0 Å². The van der Waals surface area contributed by atoms with E-state index < -0.39 is 16.0 Å². The van der Waals surface area contributed by atoms with Crippen molar-refractivity contribution >= 4 is 21.7 Å². The fourth-order valence-corrected chi connectivity index (χ4v) is 3.31. The van der Waals surface area contributed by atoms with Crippen LogP contribution in [0.4, 0.5) is 5.69 Å². The molecule has 2 aromatic carbocycles. The van der Waals surface area contributed by atoms with Crippen molar-refractivity contribution in [1.29, 1.82) is 0 Å². The number of carboxylic acids is 1. The Balaban J connectivity index is 2.38. The molecule has 0 amide bonds. The van der Waals surface area contributed by atoms with Crippen LogP contribution in [0.15, 0.2) is 47.4 Å². The molecule has 2 N–H and O–H groups in total. The molecular weight excluding hydrogens is 302 g/mol. The molecule has 0 aliphatic rings. The minimum Gasteiger partial charge on any atom is -0.478 e. The summed E-state index contributed by atoms with van der Waals surface area (Å²) in [5.41, 5.74) is 2.37. The normalized spacial score (nSPS) is 11.2. The van der Waals surface area contributed by atoms with Gasteiger partial charge in [-0.3, -0.25) is 4.72 Å². The number of hydrogen-bond donors (Lipinski definition) is 2. The van der Waals surface area contributed by atoms with E-state index in [0.717, 1.165) is 11.1 Å². The Hall–Kier alpha value is -2.34. The van der Waals surface area contributed by atoms with Crippen LogP contribution in [0.3, 0.4) is 0 Å². The zero-order valence-corrected chi connectivity index (χ0v) is 13.1. The van der Waals surface area contributed by atoms with Gasteiger partial charge in [0.2, 0.25) is 0 Å². The third-order valence-electron chi connectivity index (χ3n) is 3.39. The Kier molecular flexibility index (Phi) is 4.51. The van der Waals surface area contributed by atoms with E-state index in [1.165, 1.54) is 24.3 Å². The first-order chi connectivity index (χ1) is 10.3. The van der Waals surface area contributed by atoms with Gasteiger partial charge in [0.15, 0.2) is 0 Å². The maximum absolute atomic E-state index is 12.4. The highest BCUT2D eigenvalue weighted by atomic mass is 32.2. The van der Waals surface area contributed by atoms with Gasteiger partial charge in [0.25, 0.3) is 10.0 Å². The molecule has 6 heteroatoms. The standard InChI is InChI=1S/C16H17NO4S/c1-3-12-6-4-5-11(2)15(12)17-22(20,21)14-9-7-13(8-10-14)16(18)19/h4-10,17H,3H2,1-2H3,(H,18,19). The Morgan fingerprint density at radius 2 is 1.77 bits per heavy atom. The van der Waals surface area contributed by atoms with E-state index in [1.807, 2.05) is 32.0 Å². The van der Waals surface area contributed by atoms with Crippen LogP contribution in [-0.2, 0) is 16.4 Å². The first kappa shape index (κ1) is 16.0. The van der Waals surface area contributed by atoms with E-state index in [2.05, 4.69) is 4.72 Å². The number of benzene rings is 2. The molecule has 0 aromatic heterocycles. The predicted octanol–water partition coefficient (Wildman–Crippen LogP) is 3.06. The van der Waals surface area contributed by atoms with Crippen molar-refractivity contribution in [2.24, 2.45) is 0 Å². The molecule has 0 saturated carbocycles. The van der Waals surface area contributed by atoms with Crippen LogP contribution in [0.2, 0.25) is 0 Å². The minimum atomic E-state index is -3.75. The molecule has 116 valence electrons. The third kappa shape index (κ3) is 3.28. The number of nitrogens with one attached hydrogen (secondary N) is 1. The van der Waals surface area contributed by atoms with E-state index >= 15 is 0 Å². The Morgan fingerprint density at radius 1 is 1.14 bits per heavy atom. The summed E-state index contributed by atoms with van der Waals surface area (Å²) < 4.78 is 27.5. The summed E-state index contributed by atoms with van der Waals surface area (Å²) in [5, 5.41) is 8.85. The number of aryl methyl sites for hydroxylation is 2. The van der Waals surface area contributed by atoms with Crippen molar-refractivity contribution in [2.45, 2.75) is 25.2 Å². The average molecular weight is 319 g/mol. The first-order valence-corrected chi connectivity index (χ1v) is 8.28. The maximum Gasteiger partial charge on any atom is 0.335 e. The number of carboxylic acid groups (broad SMARTS) is 1. The van der Waals surface area contributed by atoms with Gasteiger partial charge in [-0.15, -0.1) is 0 Å². The van der Waals surface area contributed by atoms with Crippen LogP contribution in [0, 0.1) is 6.92 Å². The molecule has 0 radical (unpaired) electrons. The molecule has 0 saturated heterocycles. The summed E-state index contributed by atoms with van der Waals surface area (Å²) in [4.78, 5) is 10.8. The largest absolute Gasteiger partial charge is 0.478 e. The van der Waals surface area contributed by atoms with E-state index in [0.29, 0.717) is 12.1 Å². The van der Waals surface area contributed by atoms with Crippen LogP contribution >= 0.6 is 0 Å². The summed E-state index contributed by atoms with van der Waals surface area (Å²) in [6.45, 7) is 3.79. The van der Waals surface area contributed by atoms with Crippen LogP contribution in [0.5, 0.6) is 0 Å². The van der Waals surface area contributed by atoms with Gasteiger partial charge in [-0.05, 0) is 48.7 Å². The summed E-state index contributed by atoms with van der Waals surface area (Å²) in [7, 11) is -3.75. The second kappa shape index (κ2) is 6.19. The van der Waals surface area contributed by atoms with Crippen LogP contribution < -0.4 is 4.72 Å². The third-order valence-corrected chi connectivity index (χ3v) is 4.75. The number of hydrogen-bond acceptors (Lipinski definition) is 3. The Labute approximate surface area is 129 Å². The fourth-order valence-electron chi connectivity index (χ4n) is 2.14. The SMILES string of the molecule is CCc1cccc(C)c1NS(=O)(=O)c1ccc(C(=O)O)cc1. The molecule has 0 heterocycles. The lowest BCUT2D eigenvalue weighted by Crippen LogP contribution is -2.15. The monoisotopic (exact) mass is 319 g/mol. The van der Waals surface area contributed by atoms with Crippen LogP contribution in [0.25, 0.3) is 0 Å². The quantitative estimate of drug-likeness (QED) is 0.887. The summed E-state index contributed by atoms with van der Waals surface area (Å²) in [6, 6.07) is 10.7. The summed E-state index contributed by atoms with van der Waals surface area (Å²) in [5.74, 6) is -1.09. The van der Waals surface area contributed by atoms with Gasteiger partial charge in [0.1, 0.15) is 0 Å². The molecule has 0 atom stereocenters. The minimum absolute atomic E-state index is 0.0304. The first-order valence-electron chi connectivity index (χ1n) is 6.80. The Bertz CT molecular complexity index is 795.